The van der Waals surface area contributed by atoms with Crippen LogP contribution in [0.1, 0.15) is 12.5 Å². The monoisotopic (exact) mass is 266 g/mol. The molecular formula is C13H14O4S. The van der Waals surface area contributed by atoms with E-state index < -0.39 is 23.1 Å². The number of hydrogen-bond acceptors (Lipinski definition) is 4. The van der Waals surface area contributed by atoms with Gasteiger partial charge < -0.3 is 9.47 Å². The molecule has 0 aliphatic carbocycles. The summed E-state index contributed by atoms with van der Waals surface area (Å²) in [5.74, 6) is -0.577. The molecule has 5 heteroatoms. The molecule has 0 saturated carbocycles. The first-order valence-electron chi connectivity index (χ1n) is 5.64. The molecule has 1 aliphatic rings. The molecule has 0 radical (unpaired) electrons. The highest BCUT2D eigenvalue weighted by Crippen LogP contribution is 2.23. The lowest BCUT2D eigenvalue weighted by molar-refractivity contribution is -0.157. The number of rotatable bonds is 4. The Labute approximate surface area is 108 Å². The van der Waals surface area contributed by atoms with E-state index in [-0.39, 0.29) is 4.91 Å². The molecule has 18 heavy (non-hydrogen) atoms. The van der Waals surface area contributed by atoms with Gasteiger partial charge in [-0.05, 0) is 26.0 Å². The van der Waals surface area contributed by atoms with Crippen LogP contribution in [0.15, 0.2) is 40.1 Å². The van der Waals surface area contributed by atoms with Gasteiger partial charge in [-0.1, -0.05) is 17.7 Å². The van der Waals surface area contributed by atoms with Crippen molar-refractivity contribution in [2.75, 3.05) is 6.61 Å². The van der Waals surface area contributed by atoms with Gasteiger partial charge in [0.1, 0.15) is 4.91 Å². The van der Waals surface area contributed by atoms with Crippen molar-refractivity contribution in [2.24, 2.45) is 0 Å². The second-order valence-electron chi connectivity index (χ2n) is 3.84. The van der Waals surface area contributed by atoms with E-state index in [9.17, 15) is 9.00 Å². The lowest BCUT2D eigenvalue weighted by Gasteiger charge is -2.05. The van der Waals surface area contributed by atoms with Crippen LogP contribution in [0.5, 0.6) is 0 Å². The summed E-state index contributed by atoms with van der Waals surface area (Å²) in [6, 6.07) is 7.20. The number of cyclic esters (lactones) is 1. The van der Waals surface area contributed by atoms with E-state index in [1.54, 1.807) is 19.1 Å². The molecule has 96 valence electrons. The smallest absolute Gasteiger partial charge is 0.350 e. The summed E-state index contributed by atoms with van der Waals surface area (Å²) in [5, 5.41) is 0. The van der Waals surface area contributed by atoms with Crippen LogP contribution in [-0.2, 0) is 25.1 Å². The van der Waals surface area contributed by atoms with Gasteiger partial charge in [-0.3, -0.25) is 0 Å². The number of esters is 1. The van der Waals surface area contributed by atoms with Crippen LogP contribution in [-0.4, -0.2) is 23.1 Å². The van der Waals surface area contributed by atoms with Gasteiger partial charge in [-0.2, -0.15) is 0 Å². The van der Waals surface area contributed by atoms with E-state index in [2.05, 4.69) is 0 Å². The summed E-state index contributed by atoms with van der Waals surface area (Å²) in [5.41, 5.74) is 1.07. The van der Waals surface area contributed by atoms with Crippen LogP contribution >= 0.6 is 0 Å². The minimum absolute atomic E-state index is 0.150. The zero-order valence-electron chi connectivity index (χ0n) is 10.2. The van der Waals surface area contributed by atoms with Gasteiger partial charge in [-0.25, -0.2) is 9.00 Å². The molecule has 2 unspecified atom stereocenters. The van der Waals surface area contributed by atoms with Gasteiger partial charge in [0.15, 0.2) is 0 Å². The topological polar surface area (TPSA) is 52.6 Å². The lowest BCUT2D eigenvalue weighted by atomic mass is 10.2. The predicted octanol–water partition coefficient (Wildman–Crippen LogP) is 1.91. The number of aryl methyl sites for hydroxylation is 1. The average Bonchev–Trinajstić information content (AvgIpc) is 2.71. The van der Waals surface area contributed by atoms with Crippen LogP contribution in [0, 0.1) is 6.92 Å². The maximum absolute atomic E-state index is 12.2. The third kappa shape index (κ3) is 2.68. The highest BCUT2D eigenvalue weighted by atomic mass is 32.2. The summed E-state index contributed by atoms with van der Waals surface area (Å²) in [4.78, 5) is 12.3. The van der Waals surface area contributed by atoms with Crippen molar-refractivity contribution in [1.82, 2.24) is 0 Å². The second kappa shape index (κ2) is 5.46. The minimum Gasteiger partial charge on any atom is -0.428 e. The zero-order valence-corrected chi connectivity index (χ0v) is 11.0. The van der Waals surface area contributed by atoms with Crippen LogP contribution in [0.2, 0.25) is 0 Å². The average molecular weight is 266 g/mol. The van der Waals surface area contributed by atoms with Gasteiger partial charge in [-0.15, -0.1) is 0 Å². The fraction of sp³-hybridized carbons (Fsp3) is 0.308. The quantitative estimate of drug-likeness (QED) is 0.781. The first-order chi connectivity index (χ1) is 8.61. The van der Waals surface area contributed by atoms with Gasteiger partial charge >= 0.3 is 5.97 Å². The number of carbonyl (C=O) groups excluding carboxylic acids is 1. The predicted molar refractivity (Wildman–Crippen MR) is 67.2 cm³/mol. The Balaban J connectivity index is 2.21. The first kappa shape index (κ1) is 13.0. The molecule has 1 heterocycles. The Morgan fingerprint density at radius 1 is 1.33 bits per heavy atom. The second-order valence-corrected chi connectivity index (χ2v) is 5.29. The van der Waals surface area contributed by atoms with Crippen molar-refractivity contribution in [2.45, 2.75) is 25.0 Å². The molecule has 4 nitrogen and oxygen atoms in total. The van der Waals surface area contributed by atoms with Crippen molar-refractivity contribution in [3.05, 3.63) is 40.8 Å². The Morgan fingerprint density at radius 2 is 2.00 bits per heavy atom. The van der Waals surface area contributed by atoms with Gasteiger partial charge in [0, 0.05) is 17.6 Å². The Morgan fingerprint density at radius 3 is 2.61 bits per heavy atom. The number of carbonyl (C=O) groups is 1. The normalized spacial score (nSPS) is 20.4. The van der Waals surface area contributed by atoms with Crippen LogP contribution < -0.4 is 0 Å². The summed E-state index contributed by atoms with van der Waals surface area (Å²) in [6.07, 6.45) is 0.758. The summed E-state index contributed by atoms with van der Waals surface area (Å²) >= 11 is 0. The maximum atomic E-state index is 12.2. The molecule has 2 atom stereocenters. The molecule has 2 rings (SSSR count). The summed E-state index contributed by atoms with van der Waals surface area (Å²) in [6.45, 7) is 4.18. The van der Waals surface area contributed by atoms with Gasteiger partial charge in [0.2, 0.25) is 6.29 Å². The molecule has 0 aromatic heterocycles. The molecule has 1 aromatic rings. The summed E-state index contributed by atoms with van der Waals surface area (Å²) < 4.78 is 22.3. The van der Waals surface area contributed by atoms with Crippen molar-refractivity contribution < 1.29 is 18.5 Å². The van der Waals surface area contributed by atoms with E-state index in [1.807, 2.05) is 19.1 Å². The Hall–Kier alpha value is -1.46. The number of hydrogen-bond donors (Lipinski definition) is 0. The molecule has 0 spiro atoms. The van der Waals surface area contributed by atoms with Crippen molar-refractivity contribution >= 4 is 16.8 Å². The van der Waals surface area contributed by atoms with Crippen molar-refractivity contribution in [3.63, 3.8) is 0 Å². The van der Waals surface area contributed by atoms with Gasteiger partial charge in [0.05, 0.1) is 10.8 Å². The van der Waals surface area contributed by atoms with Crippen molar-refractivity contribution in [1.29, 1.82) is 0 Å². The largest absolute Gasteiger partial charge is 0.428 e. The molecule has 0 saturated heterocycles. The van der Waals surface area contributed by atoms with Crippen molar-refractivity contribution in [3.8, 4) is 0 Å². The maximum Gasteiger partial charge on any atom is 0.350 e. The number of ether oxygens (including phenoxy) is 2. The fourth-order valence-electron chi connectivity index (χ4n) is 1.56. The van der Waals surface area contributed by atoms with E-state index in [4.69, 9.17) is 9.47 Å². The molecule has 0 N–H and O–H groups in total. The van der Waals surface area contributed by atoms with E-state index in [0.29, 0.717) is 11.5 Å². The Kier molecular flexibility index (Phi) is 3.93. The third-order valence-electron chi connectivity index (χ3n) is 2.48. The number of benzene rings is 1. The standard InChI is InChI=1S/C13H14O4S/c1-3-16-12-8-11(13(14)17-12)18(15)10-6-4-9(2)5-7-10/h4-8,12H,3H2,1-2H3. The third-order valence-corrected chi connectivity index (χ3v) is 3.88. The molecule has 0 fully saturated rings. The SMILES string of the molecule is CCOC1C=C(S(=O)c2ccc(C)cc2)C(=O)O1. The summed E-state index contributed by atoms with van der Waals surface area (Å²) in [7, 11) is -1.51. The van der Waals surface area contributed by atoms with E-state index >= 15 is 0 Å². The van der Waals surface area contributed by atoms with Crippen LogP contribution in [0.3, 0.4) is 0 Å². The first-order valence-corrected chi connectivity index (χ1v) is 6.79. The van der Waals surface area contributed by atoms with E-state index in [0.717, 1.165) is 5.56 Å². The highest BCUT2D eigenvalue weighted by molar-refractivity contribution is 7.90. The zero-order chi connectivity index (χ0) is 13.1. The van der Waals surface area contributed by atoms with E-state index in [1.165, 1.54) is 6.08 Å². The molecule has 0 amide bonds. The van der Waals surface area contributed by atoms with Crippen LogP contribution in [0.4, 0.5) is 0 Å². The molecule has 1 aliphatic heterocycles. The Bertz CT molecular complexity index is 504. The van der Waals surface area contributed by atoms with Crippen LogP contribution in [0.25, 0.3) is 0 Å². The van der Waals surface area contributed by atoms with Gasteiger partial charge in [0.25, 0.3) is 0 Å². The minimum atomic E-state index is -1.51. The molecule has 0 bridgehead atoms. The molecular weight excluding hydrogens is 252 g/mol. The highest BCUT2D eigenvalue weighted by Gasteiger charge is 2.30. The lowest BCUT2D eigenvalue weighted by Crippen LogP contribution is -2.12. The fourth-order valence-corrected chi connectivity index (χ4v) is 2.63. The molecule has 1 aromatic carbocycles.